The van der Waals surface area contributed by atoms with Crippen LogP contribution in [0.2, 0.25) is 0 Å². The van der Waals surface area contributed by atoms with Crippen LogP contribution in [0.3, 0.4) is 0 Å². The van der Waals surface area contributed by atoms with Crippen LogP contribution in [-0.2, 0) is 17.1 Å². The number of hydrogen-bond acceptors (Lipinski definition) is 2. The first-order chi connectivity index (χ1) is 13.9. The molecule has 1 saturated heterocycles. The van der Waals surface area contributed by atoms with Gasteiger partial charge in [0.05, 0.1) is 24.3 Å². The molecule has 2 aromatic carbocycles. The topological polar surface area (TPSA) is 29.5 Å². The second-order valence-electron chi connectivity index (χ2n) is 6.58. The second-order valence-corrected chi connectivity index (χ2v) is 6.58. The Kier molecular flexibility index (Phi) is 5.76. The molecule has 162 valence electrons. The lowest BCUT2D eigenvalue weighted by atomic mass is 10.0. The minimum Gasteiger partial charge on any atom is -0.370 e. The maximum Gasteiger partial charge on any atom is 0.416 e. The smallest absolute Gasteiger partial charge is 0.370 e. The number of alkyl halides is 6. The van der Waals surface area contributed by atoms with E-state index in [1.807, 2.05) is 0 Å². The lowest BCUT2D eigenvalue weighted by Gasteiger charge is -2.33. The summed E-state index contributed by atoms with van der Waals surface area (Å²) in [6.45, 7) is -0.460. The first kappa shape index (κ1) is 22.0. The molecule has 1 aliphatic heterocycles. The highest BCUT2D eigenvalue weighted by Crippen LogP contribution is 2.37. The highest BCUT2D eigenvalue weighted by atomic mass is 19.4. The molecule has 0 radical (unpaired) electrons. The quantitative estimate of drug-likeness (QED) is 0.601. The summed E-state index contributed by atoms with van der Waals surface area (Å²) in [6, 6.07) is 3.53. The van der Waals surface area contributed by atoms with Gasteiger partial charge in [-0.05, 0) is 35.9 Å². The van der Waals surface area contributed by atoms with Gasteiger partial charge >= 0.3 is 12.4 Å². The number of rotatable bonds is 2. The van der Waals surface area contributed by atoms with Gasteiger partial charge in [-0.2, -0.15) is 26.3 Å². The average Bonchev–Trinajstić information content (AvgIpc) is 2.68. The van der Waals surface area contributed by atoms with Gasteiger partial charge in [0.25, 0.3) is 5.91 Å². The fraction of sp³-hybridized carbons (Fsp3) is 0.316. The van der Waals surface area contributed by atoms with Crippen LogP contribution < -0.4 is 0 Å². The minimum absolute atomic E-state index is 0.0693. The number of benzene rings is 2. The van der Waals surface area contributed by atoms with Gasteiger partial charge in [-0.3, -0.25) is 4.79 Å². The van der Waals surface area contributed by atoms with Crippen LogP contribution in [0.25, 0.3) is 0 Å². The zero-order valence-corrected chi connectivity index (χ0v) is 15.0. The second kappa shape index (κ2) is 7.86. The van der Waals surface area contributed by atoms with E-state index in [1.165, 1.54) is 6.07 Å². The molecule has 0 saturated carbocycles. The fourth-order valence-electron chi connectivity index (χ4n) is 3.01. The first-order valence-corrected chi connectivity index (χ1v) is 8.51. The number of amides is 1. The lowest BCUT2D eigenvalue weighted by molar-refractivity contribution is -0.143. The van der Waals surface area contributed by atoms with E-state index in [0.29, 0.717) is 12.1 Å². The van der Waals surface area contributed by atoms with Crippen molar-refractivity contribution in [3.63, 3.8) is 0 Å². The summed E-state index contributed by atoms with van der Waals surface area (Å²) in [6.07, 6.45) is -11.1. The number of carbonyl (C=O) groups is 1. The zero-order chi connectivity index (χ0) is 22.3. The van der Waals surface area contributed by atoms with Crippen molar-refractivity contribution in [1.29, 1.82) is 0 Å². The summed E-state index contributed by atoms with van der Waals surface area (Å²) in [5.74, 6) is -3.33. The van der Waals surface area contributed by atoms with E-state index in [1.54, 1.807) is 0 Å². The molecule has 0 aromatic heterocycles. The van der Waals surface area contributed by atoms with Gasteiger partial charge in [0.1, 0.15) is 6.10 Å². The molecule has 3 nitrogen and oxygen atoms in total. The standard InChI is InChI=1S/C19H13F8NO2/c20-14-2-1-10(7-15(14)21)16-9-28(3-4-30-16)17(29)11-5-12(18(22,23)24)8-13(6-11)19(25,26)27/h1-2,5-8,16H,3-4,9H2. The van der Waals surface area contributed by atoms with Crippen molar-refractivity contribution in [2.24, 2.45) is 0 Å². The van der Waals surface area contributed by atoms with Crippen molar-refractivity contribution >= 4 is 5.91 Å². The highest BCUT2D eigenvalue weighted by molar-refractivity contribution is 5.94. The first-order valence-electron chi connectivity index (χ1n) is 8.51. The van der Waals surface area contributed by atoms with Crippen molar-refractivity contribution in [2.45, 2.75) is 18.5 Å². The van der Waals surface area contributed by atoms with Crippen LogP contribution in [-0.4, -0.2) is 30.5 Å². The molecule has 11 heteroatoms. The van der Waals surface area contributed by atoms with Crippen molar-refractivity contribution in [3.05, 3.63) is 70.3 Å². The Morgan fingerprint density at radius 2 is 1.50 bits per heavy atom. The number of morpholine rings is 1. The predicted molar refractivity (Wildman–Crippen MR) is 87.4 cm³/mol. The minimum atomic E-state index is -5.09. The Hall–Kier alpha value is -2.69. The van der Waals surface area contributed by atoms with Gasteiger partial charge in [-0.15, -0.1) is 0 Å². The van der Waals surface area contributed by atoms with Crippen molar-refractivity contribution < 1.29 is 44.7 Å². The zero-order valence-electron chi connectivity index (χ0n) is 15.0. The van der Waals surface area contributed by atoms with Crippen LogP contribution >= 0.6 is 0 Å². The van der Waals surface area contributed by atoms with Gasteiger partial charge in [-0.25, -0.2) is 8.78 Å². The lowest BCUT2D eigenvalue weighted by Crippen LogP contribution is -2.42. The molecule has 0 spiro atoms. The van der Waals surface area contributed by atoms with Crippen molar-refractivity contribution in [1.82, 2.24) is 4.90 Å². The van der Waals surface area contributed by atoms with Gasteiger partial charge in [0.15, 0.2) is 11.6 Å². The molecule has 1 unspecified atom stereocenters. The van der Waals surface area contributed by atoms with Gasteiger partial charge in [-0.1, -0.05) is 6.07 Å². The summed E-state index contributed by atoms with van der Waals surface area (Å²) in [5.41, 5.74) is -3.83. The summed E-state index contributed by atoms with van der Waals surface area (Å²) >= 11 is 0. The molecule has 1 fully saturated rings. The third-order valence-electron chi connectivity index (χ3n) is 4.50. The normalized spacial score (nSPS) is 17.9. The summed E-state index contributed by atoms with van der Waals surface area (Å²) in [4.78, 5) is 13.7. The number of hydrogen-bond donors (Lipinski definition) is 0. The molecule has 1 amide bonds. The number of halogens is 8. The van der Waals surface area contributed by atoms with E-state index in [9.17, 15) is 39.9 Å². The third-order valence-corrected chi connectivity index (χ3v) is 4.50. The van der Waals surface area contributed by atoms with Crippen LogP contribution in [0.1, 0.15) is 33.2 Å². The van der Waals surface area contributed by atoms with E-state index in [4.69, 9.17) is 4.74 Å². The van der Waals surface area contributed by atoms with Crippen LogP contribution in [0.5, 0.6) is 0 Å². The molecule has 1 atom stereocenters. The maximum atomic E-state index is 13.4. The number of carbonyl (C=O) groups excluding carboxylic acids is 1. The molecule has 3 rings (SSSR count). The van der Waals surface area contributed by atoms with Gasteiger partial charge in [0, 0.05) is 12.1 Å². The monoisotopic (exact) mass is 439 g/mol. The van der Waals surface area contributed by atoms with Crippen molar-refractivity contribution in [3.8, 4) is 0 Å². The maximum absolute atomic E-state index is 13.4. The van der Waals surface area contributed by atoms with Crippen LogP contribution in [0.15, 0.2) is 36.4 Å². The van der Waals surface area contributed by atoms with E-state index >= 15 is 0 Å². The van der Waals surface area contributed by atoms with Crippen LogP contribution in [0.4, 0.5) is 35.1 Å². The van der Waals surface area contributed by atoms with E-state index in [0.717, 1.165) is 17.0 Å². The SMILES string of the molecule is O=C(c1cc(C(F)(F)F)cc(C(F)(F)F)c1)N1CCOC(c2ccc(F)c(F)c2)C1. The molecule has 1 aliphatic rings. The largest absolute Gasteiger partial charge is 0.416 e. The van der Waals surface area contributed by atoms with Crippen molar-refractivity contribution in [2.75, 3.05) is 19.7 Å². The number of ether oxygens (including phenoxy) is 1. The molecule has 0 N–H and O–H groups in total. The highest BCUT2D eigenvalue weighted by Gasteiger charge is 2.38. The van der Waals surface area contributed by atoms with E-state index < -0.39 is 52.7 Å². The molecule has 0 aliphatic carbocycles. The molecule has 1 heterocycles. The molecule has 30 heavy (non-hydrogen) atoms. The number of nitrogens with zero attached hydrogens (tertiary/aromatic N) is 1. The summed E-state index contributed by atoms with van der Waals surface area (Å²) in [5, 5.41) is 0. The molecule has 0 bridgehead atoms. The van der Waals surface area contributed by atoms with Gasteiger partial charge < -0.3 is 9.64 Å². The Labute approximate surface area is 164 Å². The van der Waals surface area contributed by atoms with E-state index in [2.05, 4.69) is 0 Å². The van der Waals surface area contributed by atoms with E-state index in [-0.39, 0.29) is 31.3 Å². The Morgan fingerprint density at radius 1 is 0.900 bits per heavy atom. The molecular formula is C19H13F8NO2. The molecular weight excluding hydrogens is 426 g/mol. The fourth-order valence-corrected chi connectivity index (χ4v) is 3.01. The average molecular weight is 439 g/mol. The third kappa shape index (κ3) is 4.72. The summed E-state index contributed by atoms with van der Waals surface area (Å²) in [7, 11) is 0. The Balaban J connectivity index is 1.90. The Bertz CT molecular complexity index is 922. The molecule has 2 aromatic rings. The Morgan fingerprint density at radius 3 is 2.03 bits per heavy atom. The van der Waals surface area contributed by atoms with Crippen LogP contribution in [0, 0.1) is 11.6 Å². The predicted octanol–water partition coefficient (Wildman–Crippen LogP) is 5.22. The van der Waals surface area contributed by atoms with Gasteiger partial charge in [0.2, 0.25) is 0 Å². The summed E-state index contributed by atoms with van der Waals surface area (Å²) < 4.78 is 110.